The second-order valence-corrected chi connectivity index (χ2v) is 7.21. The fourth-order valence-corrected chi connectivity index (χ4v) is 3.87. The first-order valence-electron chi connectivity index (χ1n) is 9.55. The van der Waals surface area contributed by atoms with Crippen LogP contribution in [0.15, 0.2) is 54.7 Å². The Bertz CT molecular complexity index is 951. The van der Waals surface area contributed by atoms with Crippen molar-refractivity contribution < 1.29 is 14.6 Å². The highest BCUT2D eigenvalue weighted by Crippen LogP contribution is 2.31. The molecule has 2 aromatic carbocycles. The first-order chi connectivity index (χ1) is 13.7. The van der Waals surface area contributed by atoms with Gasteiger partial charge in [-0.25, -0.2) is 0 Å². The summed E-state index contributed by atoms with van der Waals surface area (Å²) in [4.78, 5) is 15.9. The van der Waals surface area contributed by atoms with Gasteiger partial charge in [-0.15, -0.1) is 0 Å². The molecule has 6 nitrogen and oxygen atoms in total. The molecule has 0 aliphatic carbocycles. The number of ether oxygens (including phenoxy) is 1. The second-order valence-electron chi connectivity index (χ2n) is 7.21. The number of nitrogens with one attached hydrogen (secondary N) is 3. The van der Waals surface area contributed by atoms with Crippen molar-refractivity contribution in [3.8, 4) is 5.75 Å². The smallest absolute Gasteiger partial charge is 0.237 e. The Labute approximate surface area is 163 Å². The van der Waals surface area contributed by atoms with Crippen LogP contribution in [-0.4, -0.2) is 48.3 Å². The molecule has 1 aromatic heterocycles. The molecule has 0 unspecified atom stereocenters. The molecule has 3 aromatic rings. The summed E-state index contributed by atoms with van der Waals surface area (Å²) in [5.74, 6) is 0.724. The number of H-pyrrole nitrogens is 1. The highest BCUT2D eigenvalue weighted by atomic mass is 16.5. The fraction of sp³-hybridized carbons (Fsp3) is 0.318. The van der Waals surface area contributed by atoms with E-state index in [0.29, 0.717) is 19.5 Å². The van der Waals surface area contributed by atoms with Gasteiger partial charge in [0.1, 0.15) is 5.75 Å². The monoisotopic (exact) mass is 379 g/mol. The molecule has 4 N–H and O–H groups in total. The van der Waals surface area contributed by atoms with Gasteiger partial charge in [0.15, 0.2) is 0 Å². The molecule has 0 spiro atoms. The molecule has 1 saturated heterocycles. The van der Waals surface area contributed by atoms with E-state index in [9.17, 15) is 9.90 Å². The first-order valence-corrected chi connectivity index (χ1v) is 9.55. The zero-order chi connectivity index (χ0) is 19.5. The molecule has 0 radical (unpaired) electrons. The van der Waals surface area contributed by atoms with Crippen molar-refractivity contribution in [3.05, 3.63) is 65.9 Å². The molecule has 6 heteroatoms. The van der Waals surface area contributed by atoms with Crippen molar-refractivity contribution in [1.82, 2.24) is 15.6 Å². The topological polar surface area (TPSA) is 86.4 Å². The average molecular weight is 379 g/mol. The Kier molecular flexibility index (Phi) is 5.32. The summed E-state index contributed by atoms with van der Waals surface area (Å²) in [6.45, 7) is 0.934. The molecule has 0 bridgehead atoms. The maximum atomic E-state index is 12.5. The molecule has 1 amide bonds. The van der Waals surface area contributed by atoms with Gasteiger partial charge in [-0.05, 0) is 35.7 Å². The lowest BCUT2D eigenvalue weighted by Gasteiger charge is -2.20. The standard InChI is InChI=1S/C22H25N3O3/c1-28-16-8-6-14(7-9-16)18(12-25-22(27)21-10-15(26)11-23-21)19-13-24-20-5-3-2-4-17(19)20/h2-9,13,15,18,21,23-24,26H,10-12H2,1H3,(H,25,27)/t15-,18-,21+/m0/s1. The SMILES string of the molecule is COc1ccc([C@H](CNC(=O)[C@H]2C[C@H](O)CN2)c2c[nH]c3ccccc23)cc1. The van der Waals surface area contributed by atoms with Crippen molar-refractivity contribution in [1.29, 1.82) is 0 Å². The maximum Gasteiger partial charge on any atom is 0.237 e. The van der Waals surface area contributed by atoms with Gasteiger partial charge in [-0.1, -0.05) is 30.3 Å². The van der Waals surface area contributed by atoms with Gasteiger partial charge in [-0.2, -0.15) is 0 Å². The highest BCUT2D eigenvalue weighted by molar-refractivity contribution is 5.85. The van der Waals surface area contributed by atoms with E-state index in [1.165, 1.54) is 0 Å². The summed E-state index contributed by atoms with van der Waals surface area (Å²) in [6.07, 6.45) is 2.01. The molecular formula is C22H25N3O3. The fourth-order valence-electron chi connectivity index (χ4n) is 3.87. The second kappa shape index (κ2) is 8.04. The van der Waals surface area contributed by atoms with Crippen molar-refractivity contribution in [2.45, 2.75) is 24.5 Å². The Morgan fingerprint density at radius 2 is 2.04 bits per heavy atom. The summed E-state index contributed by atoms with van der Waals surface area (Å²) in [7, 11) is 1.65. The van der Waals surface area contributed by atoms with Crippen LogP contribution >= 0.6 is 0 Å². The third-order valence-corrected chi connectivity index (χ3v) is 5.42. The van der Waals surface area contributed by atoms with Gasteiger partial charge >= 0.3 is 0 Å². The minimum atomic E-state index is -0.457. The number of benzene rings is 2. The Morgan fingerprint density at radius 3 is 2.75 bits per heavy atom. The minimum Gasteiger partial charge on any atom is -0.497 e. The molecule has 1 aliphatic heterocycles. The van der Waals surface area contributed by atoms with E-state index < -0.39 is 6.10 Å². The maximum absolute atomic E-state index is 12.5. The molecule has 1 fully saturated rings. The Morgan fingerprint density at radius 1 is 1.25 bits per heavy atom. The van der Waals surface area contributed by atoms with Crippen LogP contribution in [0.4, 0.5) is 0 Å². The van der Waals surface area contributed by atoms with E-state index in [4.69, 9.17) is 4.74 Å². The average Bonchev–Trinajstić information content (AvgIpc) is 3.35. The lowest BCUT2D eigenvalue weighted by molar-refractivity contribution is -0.122. The minimum absolute atomic E-state index is 0.00247. The van der Waals surface area contributed by atoms with Crippen molar-refractivity contribution in [3.63, 3.8) is 0 Å². The van der Waals surface area contributed by atoms with Crippen LogP contribution in [-0.2, 0) is 4.79 Å². The molecular weight excluding hydrogens is 354 g/mol. The lowest BCUT2D eigenvalue weighted by Crippen LogP contribution is -2.42. The highest BCUT2D eigenvalue weighted by Gasteiger charge is 2.28. The van der Waals surface area contributed by atoms with Gasteiger partial charge in [-0.3, -0.25) is 4.79 Å². The Hall–Kier alpha value is -2.83. The van der Waals surface area contributed by atoms with Gasteiger partial charge in [0.2, 0.25) is 5.91 Å². The van der Waals surface area contributed by atoms with Crippen LogP contribution < -0.4 is 15.4 Å². The predicted octanol–water partition coefficient (Wildman–Crippen LogP) is 2.15. The number of hydrogen-bond acceptors (Lipinski definition) is 4. The van der Waals surface area contributed by atoms with Crippen molar-refractivity contribution in [2.75, 3.05) is 20.2 Å². The summed E-state index contributed by atoms with van der Waals surface area (Å²) in [5, 5.41) is 16.9. The number of aromatic amines is 1. The molecule has 1 aliphatic rings. The van der Waals surface area contributed by atoms with Crippen LogP contribution in [0.5, 0.6) is 5.75 Å². The van der Waals surface area contributed by atoms with Gasteiger partial charge in [0.05, 0.1) is 19.3 Å². The summed E-state index contributed by atoms with van der Waals surface area (Å²) in [5.41, 5.74) is 3.31. The van der Waals surface area contributed by atoms with E-state index in [1.807, 2.05) is 48.7 Å². The van der Waals surface area contributed by atoms with E-state index in [0.717, 1.165) is 27.8 Å². The van der Waals surface area contributed by atoms with E-state index in [1.54, 1.807) is 7.11 Å². The van der Waals surface area contributed by atoms with Crippen LogP contribution in [0.3, 0.4) is 0 Å². The zero-order valence-corrected chi connectivity index (χ0v) is 15.8. The lowest BCUT2D eigenvalue weighted by atomic mass is 9.90. The number of para-hydroxylation sites is 1. The number of β-amino-alcohol motifs (C(OH)–C–C–N with tert-alkyl or cyclic N) is 1. The number of aliphatic hydroxyl groups is 1. The van der Waals surface area contributed by atoms with Crippen LogP contribution in [0.1, 0.15) is 23.5 Å². The van der Waals surface area contributed by atoms with Crippen molar-refractivity contribution >= 4 is 16.8 Å². The van der Waals surface area contributed by atoms with Crippen LogP contribution in [0.25, 0.3) is 10.9 Å². The third kappa shape index (κ3) is 3.74. The number of amides is 1. The number of carbonyl (C=O) groups excluding carboxylic acids is 1. The summed E-state index contributed by atoms with van der Waals surface area (Å²) >= 11 is 0. The number of methoxy groups -OCH3 is 1. The summed E-state index contributed by atoms with van der Waals surface area (Å²) in [6, 6.07) is 15.8. The summed E-state index contributed by atoms with van der Waals surface area (Å²) < 4.78 is 5.28. The Balaban J connectivity index is 1.60. The van der Waals surface area contributed by atoms with E-state index >= 15 is 0 Å². The predicted molar refractivity (Wildman–Crippen MR) is 109 cm³/mol. The van der Waals surface area contributed by atoms with Gasteiger partial charge < -0.3 is 25.5 Å². The number of aliphatic hydroxyl groups excluding tert-OH is 1. The molecule has 146 valence electrons. The number of rotatable bonds is 6. The molecule has 4 rings (SSSR count). The molecule has 3 atom stereocenters. The number of aromatic nitrogens is 1. The number of fused-ring (bicyclic) bond motifs is 1. The number of carbonyl (C=O) groups is 1. The molecule has 2 heterocycles. The molecule has 0 saturated carbocycles. The van der Waals surface area contributed by atoms with E-state index in [-0.39, 0.29) is 17.9 Å². The largest absolute Gasteiger partial charge is 0.497 e. The number of hydrogen-bond donors (Lipinski definition) is 4. The van der Waals surface area contributed by atoms with Crippen LogP contribution in [0, 0.1) is 0 Å². The normalized spacial score (nSPS) is 20.2. The van der Waals surface area contributed by atoms with Crippen molar-refractivity contribution in [2.24, 2.45) is 0 Å². The van der Waals surface area contributed by atoms with Crippen LogP contribution in [0.2, 0.25) is 0 Å². The van der Waals surface area contributed by atoms with Gasteiger partial charge in [0.25, 0.3) is 0 Å². The third-order valence-electron chi connectivity index (χ3n) is 5.42. The van der Waals surface area contributed by atoms with Gasteiger partial charge in [0, 0.05) is 36.1 Å². The first kappa shape index (κ1) is 18.5. The quantitative estimate of drug-likeness (QED) is 0.529. The molecule has 28 heavy (non-hydrogen) atoms. The van der Waals surface area contributed by atoms with E-state index in [2.05, 4.69) is 21.7 Å². The zero-order valence-electron chi connectivity index (χ0n) is 15.8.